The number of hydrogen-bond acceptors (Lipinski definition) is 3. The monoisotopic (exact) mass is 283 g/mol. The number of nitrogens with one attached hydrogen (secondary N) is 1. The van der Waals surface area contributed by atoms with Gasteiger partial charge in [-0.3, -0.25) is 4.98 Å². The molecule has 2 rings (SSSR count). The first-order valence-electron chi connectivity index (χ1n) is 5.15. The van der Waals surface area contributed by atoms with Gasteiger partial charge < -0.3 is 11.1 Å². The van der Waals surface area contributed by atoms with Crippen LogP contribution in [0, 0.1) is 17.5 Å². The molecular weight excluding hydrogens is 275 g/mol. The second-order valence-electron chi connectivity index (χ2n) is 3.67. The highest BCUT2D eigenvalue weighted by molar-refractivity contribution is 7.80. The van der Waals surface area contributed by atoms with Crippen LogP contribution in [0.3, 0.4) is 0 Å². The van der Waals surface area contributed by atoms with Crippen LogP contribution in [0.15, 0.2) is 30.5 Å². The topological polar surface area (TPSA) is 50.9 Å². The summed E-state index contributed by atoms with van der Waals surface area (Å²) in [5.41, 5.74) is 5.80. The molecule has 0 radical (unpaired) electrons. The maximum Gasteiger partial charge on any atom is 0.182 e. The fourth-order valence-electron chi connectivity index (χ4n) is 1.42. The van der Waals surface area contributed by atoms with Crippen LogP contribution in [0.1, 0.15) is 5.69 Å². The average Bonchev–Trinajstić information content (AvgIpc) is 2.36. The van der Waals surface area contributed by atoms with E-state index in [-0.39, 0.29) is 10.7 Å². The number of aromatic nitrogens is 1. The number of anilines is 2. The average molecular weight is 283 g/mol. The zero-order valence-electron chi connectivity index (χ0n) is 9.45. The number of benzene rings is 1. The number of pyridine rings is 1. The fraction of sp³-hybridized carbons (Fsp3) is 0. The Morgan fingerprint density at radius 1 is 1.21 bits per heavy atom. The second kappa shape index (κ2) is 5.23. The minimum atomic E-state index is -1.27. The Morgan fingerprint density at radius 2 is 1.95 bits per heavy atom. The van der Waals surface area contributed by atoms with E-state index in [0.717, 1.165) is 6.07 Å². The molecule has 0 aliphatic rings. The van der Waals surface area contributed by atoms with Gasteiger partial charge in [0.05, 0.1) is 23.3 Å². The number of nitrogens with zero attached hydrogens (tertiary/aromatic N) is 1. The van der Waals surface area contributed by atoms with Gasteiger partial charge in [-0.2, -0.15) is 0 Å². The van der Waals surface area contributed by atoms with E-state index in [1.807, 2.05) is 0 Å². The first-order chi connectivity index (χ1) is 8.97. The van der Waals surface area contributed by atoms with Crippen LogP contribution < -0.4 is 11.1 Å². The number of halogens is 3. The lowest BCUT2D eigenvalue weighted by atomic mass is 10.2. The molecule has 1 aromatic heterocycles. The summed E-state index contributed by atoms with van der Waals surface area (Å²) in [6, 6.07) is 4.34. The van der Waals surface area contributed by atoms with Crippen molar-refractivity contribution in [2.75, 3.05) is 5.32 Å². The smallest absolute Gasteiger partial charge is 0.182 e. The van der Waals surface area contributed by atoms with Crippen molar-refractivity contribution in [2.24, 2.45) is 5.73 Å². The Labute approximate surface area is 112 Å². The number of thiocarbonyl (C=S) groups is 1. The zero-order valence-corrected chi connectivity index (χ0v) is 10.3. The van der Waals surface area contributed by atoms with Crippen molar-refractivity contribution in [1.29, 1.82) is 0 Å². The Balaban J connectivity index is 2.28. The lowest BCUT2D eigenvalue weighted by Crippen LogP contribution is -2.11. The van der Waals surface area contributed by atoms with E-state index in [9.17, 15) is 13.2 Å². The summed E-state index contributed by atoms with van der Waals surface area (Å²) < 4.78 is 39.4. The fourth-order valence-corrected chi connectivity index (χ4v) is 1.54. The first-order valence-corrected chi connectivity index (χ1v) is 5.55. The highest BCUT2D eigenvalue weighted by Crippen LogP contribution is 2.23. The van der Waals surface area contributed by atoms with Crippen molar-refractivity contribution < 1.29 is 13.2 Å². The Kier molecular flexibility index (Phi) is 3.66. The van der Waals surface area contributed by atoms with Gasteiger partial charge in [-0.05, 0) is 12.1 Å². The minimum Gasteiger partial charge on any atom is -0.388 e. The van der Waals surface area contributed by atoms with Crippen LogP contribution >= 0.6 is 12.2 Å². The Bertz CT molecular complexity index is 629. The molecule has 0 amide bonds. The van der Waals surface area contributed by atoms with Crippen molar-refractivity contribution in [3.63, 3.8) is 0 Å². The highest BCUT2D eigenvalue weighted by Gasteiger charge is 2.11. The molecular formula is C12H8F3N3S. The quantitative estimate of drug-likeness (QED) is 0.672. The maximum absolute atomic E-state index is 13.4. The normalized spacial score (nSPS) is 10.3. The number of rotatable bonds is 3. The summed E-state index contributed by atoms with van der Waals surface area (Å²) in [4.78, 5) is 4.03. The van der Waals surface area contributed by atoms with Gasteiger partial charge in [-0.1, -0.05) is 12.2 Å². The molecule has 0 unspecified atom stereocenters. The van der Waals surface area contributed by atoms with E-state index >= 15 is 0 Å². The van der Waals surface area contributed by atoms with E-state index < -0.39 is 17.5 Å². The van der Waals surface area contributed by atoms with Gasteiger partial charge >= 0.3 is 0 Å². The van der Waals surface area contributed by atoms with Crippen LogP contribution in [0.5, 0.6) is 0 Å². The van der Waals surface area contributed by atoms with Crippen molar-refractivity contribution in [3.8, 4) is 0 Å². The van der Waals surface area contributed by atoms with Gasteiger partial charge in [-0.25, -0.2) is 13.2 Å². The van der Waals surface area contributed by atoms with Gasteiger partial charge in [0.15, 0.2) is 11.6 Å². The molecule has 19 heavy (non-hydrogen) atoms. The van der Waals surface area contributed by atoms with Gasteiger partial charge in [0.1, 0.15) is 10.8 Å². The largest absolute Gasteiger partial charge is 0.388 e. The third kappa shape index (κ3) is 3.00. The van der Waals surface area contributed by atoms with Crippen molar-refractivity contribution in [1.82, 2.24) is 4.98 Å². The molecule has 0 saturated carbocycles. The van der Waals surface area contributed by atoms with Gasteiger partial charge in [0.2, 0.25) is 0 Å². The minimum absolute atomic E-state index is 0.120. The van der Waals surface area contributed by atoms with Crippen molar-refractivity contribution in [3.05, 3.63) is 53.6 Å². The Morgan fingerprint density at radius 3 is 2.53 bits per heavy atom. The summed E-state index contributed by atoms with van der Waals surface area (Å²) >= 11 is 4.73. The maximum atomic E-state index is 13.4. The molecule has 98 valence electrons. The van der Waals surface area contributed by atoms with Gasteiger partial charge in [0.25, 0.3) is 0 Å². The molecule has 0 bridgehead atoms. The summed E-state index contributed by atoms with van der Waals surface area (Å²) in [5, 5.41) is 2.52. The van der Waals surface area contributed by atoms with Crippen LogP contribution in [-0.4, -0.2) is 9.97 Å². The standard InChI is InChI=1S/C12H8F3N3S/c13-6-3-8(14)11(15)10(4-6)18-7-1-2-9(12(16)19)17-5-7/h1-5,18H,(H2,16,19). The van der Waals surface area contributed by atoms with Crippen LogP contribution in [0.4, 0.5) is 24.5 Å². The second-order valence-corrected chi connectivity index (χ2v) is 4.11. The Hall–Kier alpha value is -2.15. The summed E-state index contributed by atoms with van der Waals surface area (Å²) in [6.07, 6.45) is 1.33. The zero-order chi connectivity index (χ0) is 14.0. The SMILES string of the molecule is NC(=S)c1ccc(Nc2cc(F)cc(F)c2F)cn1. The summed E-state index contributed by atoms with van der Waals surface area (Å²) in [6.45, 7) is 0. The van der Waals surface area contributed by atoms with E-state index in [4.69, 9.17) is 18.0 Å². The molecule has 3 nitrogen and oxygen atoms in total. The van der Waals surface area contributed by atoms with Crippen LogP contribution in [0.2, 0.25) is 0 Å². The lowest BCUT2D eigenvalue weighted by Gasteiger charge is -2.08. The summed E-state index contributed by atoms with van der Waals surface area (Å²) in [7, 11) is 0. The summed E-state index contributed by atoms with van der Waals surface area (Å²) in [5.74, 6) is -3.32. The molecule has 1 heterocycles. The van der Waals surface area contributed by atoms with Gasteiger partial charge in [0, 0.05) is 12.1 Å². The lowest BCUT2D eigenvalue weighted by molar-refractivity contribution is 0.498. The van der Waals surface area contributed by atoms with Crippen LogP contribution in [0.25, 0.3) is 0 Å². The third-order valence-electron chi connectivity index (χ3n) is 2.29. The van der Waals surface area contributed by atoms with Crippen LogP contribution in [-0.2, 0) is 0 Å². The predicted molar refractivity (Wildman–Crippen MR) is 69.7 cm³/mol. The molecule has 0 aliphatic heterocycles. The van der Waals surface area contributed by atoms with Crippen molar-refractivity contribution >= 4 is 28.6 Å². The van der Waals surface area contributed by atoms with E-state index in [1.54, 1.807) is 0 Å². The molecule has 0 saturated heterocycles. The number of nitrogens with two attached hydrogens (primary N) is 1. The molecule has 0 fully saturated rings. The highest BCUT2D eigenvalue weighted by atomic mass is 32.1. The molecule has 2 aromatic rings. The first kappa shape index (κ1) is 13.3. The molecule has 0 aliphatic carbocycles. The van der Waals surface area contributed by atoms with E-state index in [2.05, 4.69) is 10.3 Å². The molecule has 7 heteroatoms. The van der Waals surface area contributed by atoms with Crippen molar-refractivity contribution in [2.45, 2.75) is 0 Å². The number of hydrogen-bond donors (Lipinski definition) is 2. The van der Waals surface area contributed by atoms with E-state index in [1.165, 1.54) is 18.3 Å². The third-order valence-corrected chi connectivity index (χ3v) is 2.50. The molecule has 1 aromatic carbocycles. The van der Waals surface area contributed by atoms with Gasteiger partial charge in [-0.15, -0.1) is 0 Å². The molecule has 0 spiro atoms. The molecule has 3 N–H and O–H groups in total. The molecule has 0 atom stereocenters. The van der Waals surface area contributed by atoms with E-state index in [0.29, 0.717) is 17.4 Å². The predicted octanol–water partition coefficient (Wildman–Crippen LogP) is 2.88.